The van der Waals surface area contributed by atoms with Gasteiger partial charge < -0.3 is 15.8 Å². The monoisotopic (exact) mass is 229 g/mol. The molecule has 0 rings (SSSR count). The van der Waals surface area contributed by atoms with Gasteiger partial charge in [-0.2, -0.15) is 0 Å². The zero-order valence-corrected chi connectivity index (χ0v) is 11.0. The maximum atomic E-state index is 5.68. The van der Waals surface area contributed by atoms with E-state index in [9.17, 15) is 0 Å². The van der Waals surface area contributed by atoms with Gasteiger partial charge in [-0.15, -0.1) is 0 Å². The molecule has 0 saturated heterocycles. The summed E-state index contributed by atoms with van der Waals surface area (Å²) in [5.41, 5.74) is 5.68. The molecular formula is C12H27N3O. The third-order valence-corrected chi connectivity index (χ3v) is 2.04. The lowest BCUT2D eigenvalue weighted by Crippen LogP contribution is -2.33. The maximum absolute atomic E-state index is 5.68. The smallest absolute Gasteiger partial charge is 0.188 e. The third-order valence-electron chi connectivity index (χ3n) is 2.04. The Kier molecular flexibility index (Phi) is 10.2. The van der Waals surface area contributed by atoms with E-state index in [-0.39, 0.29) is 0 Å². The quantitative estimate of drug-likeness (QED) is 0.360. The number of hydrogen-bond donors (Lipinski definition) is 2. The lowest BCUT2D eigenvalue weighted by molar-refractivity contribution is 0.129. The molecular weight excluding hydrogens is 202 g/mol. The van der Waals surface area contributed by atoms with Gasteiger partial charge in [-0.1, -0.05) is 27.2 Å². The van der Waals surface area contributed by atoms with Crippen molar-refractivity contribution in [1.82, 2.24) is 5.32 Å². The van der Waals surface area contributed by atoms with Gasteiger partial charge in [-0.05, 0) is 18.8 Å². The number of rotatable bonds is 9. The molecule has 4 heteroatoms. The van der Waals surface area contributed by atoms with Crippen molar-refractivity contribution >= 4 is 5.96 Å². The first-order valence-electron chi connectivity index (χ1n) is 6.28. The number of aliphatic imine (C=N–C) groups is 1. The Morgan fingerprint density at radius 1 is 1.31 bits per heavy atom. The Bertz CT molecular complexity index is 181. The van der Waals surface area contributed by atoms with E-state index in [0.29, 0.717) is 11.9 Å². The molecule has 16 heavy (non-hydrogen) atoms. The highest BCUT2D eigenvalue weighted by Gasteiger charge is 1.94. The second-order valence-corrected chi connectivity index (χ2v) is 4.37. The van der Waals surface area contributed by atoms with Crippen molar-refractivity contribution in [2.45, 2.75) is 40.0 Å². The lowest BCUT2D eigenvalue weighted by Gasteiger charge is -2.07. The topological polar surface area (TPSA) is 59.6 Å². The molecule has 4 nitrogen and oxygen atoms in total. The second kappa shape index (κ2) is 10.7. The van der Waals surface area contributed by atoms with E-state index >= 15 is 0 Å². The Labute approximate surface area is 99.7 Å². The largest absolute Gasteiger partial charge is 0.381 e. The number of unbranched alkanes of at least 4 members (excludes halogenated alkanes) is 1. The number of nitrogens with one attached hydrogen (secondary N) is 1. The van der Waals surface area contributed by atoms with Crippen LogP contribution in [0.2, 0.25) is 0 Å². The summed E-state index contributed by atoms with van der Waals surface area (Å²) >= 11 is 0. The first-order valence-corrected chi connectivity index (χ1v) is 6.28. The number of nitrogens with two attached hydrogens (primary N) is 1. The Morgan fingerprint density at radius 2 is 2.00 bits per heavy atom. The van der Waals surface area contributed by atoms with Crippen LogP contribution < -0.4 is 11.1 Å². The molecule has 0 fully saturated rings. The summed E-state index contributed by atoms with van der Waals surface area (Å²) in [7, 11) is 0. The molecule has 0 bridgehead atoms. The summed E-state index contributed by atoms with van der Waals surface area (Å²) in [5, 5.41) is 3.08. The van der Waals surface area contributed by atoms with Crippen LogP contribution in [0.15, 0.2) is 4.99 Å². The van der Waals surface area contributed by atoms with E-state index in [4.69, 9.17) is 10.5 Å². The number of guanidine groups is 1. The first-order chi connectivity index (χ1) is 7.66. The molecule has 0 aromatic carbocycles. The molecule has 0 unspecified atom stereocenters. The fourth-order valence-electron chi connectivity index (χ4n) is 1.08. The van der Waals surface area contributed by atoms with E-state index in [1.165, 1.54) is 6.42 Å². The Morgan fingerprint density at radius 3 is 2.62 bits per heavy atom. The summed E-state index contributed by atoms with van der Waals surface area (Å²) in [6.45, 7) is 9.69. The van der Waals surface area contributed by atoms with Gasteiger partial charge in [-0.25, -0.2) is 0 Å². The molecule has 96 valence electrons. The fraction of sp³-hybridized carbons (Fsp3) is 0.917. The minimum absolute atomic E-state index is 0.544. The third kappa shape index (κ3) is 11.3. The summed E-state index contributed by atoms with van der Waals surface area (Å²) in [6, 6.07) is 0. The number of hydrogen-bond acceptors (Lipinski definition) is 2. The van der Waals surface area contributed by atoms with Crippen LogP contribution in [0.4, 0.5) is 0 Å². The predicted molar refractivity (Wildman–Crippen MR) is 69.7 cm³/mol. The van der Waals surface area contributed by atoms with Crippen molar-refractivity contribution in [1.29, 1.82) is 0 Å². The first kappa shape index (κ1) is 15.2. The van der Waals surface area contributed by atoms with Crippen LogP contribution in [0.25, 0.3) is 0 Å². The SMILES string of the molecule is CCCCOCCCNC(N)=NCC(C)C. The fourth-order valence-corrected chi connectivity index (χ4v) is 1.08. The van der Waals surface area contributed by atoms with Gasteiger partial charge in [0.25, 0.3) is 0 Å². The van der Waals surface area contributed by atoms with Crippen LogP contribution in [-0.2, 0) is 4.74 Å². The summed E-state index contributed by atoms with van der Waals surface area (Å²) in [4.78, 5) is 4.21. The minimum atomic E-state index is 0.544. The highest BCUT2D eigenvalue weighted by molar-refractivity contribution is 5.77. The molecule has 0 heterocycles. The van der Waals surface area contributed by atoms with Crippen LogP contribution in [0, 0.1) is 5.92 Å². The van der Waals surface area contributed by atoms with Crippen molar-refractivity contribution < 1.29 is 4.74 Å². The normalized spacial score (nSPS) is 12.1. The molecule has 0 aliphatic rings. The van der Waals surface area contributed by atoms with Gasteiger partial charge in [0.05, 0.1) is 0 Å². The Hall–Kier alpha value is -0.770. The average molecular weight is 229 g/mol. The highest BCUT2D eigenvalue weighted by Crippen LogP contribution is 1.91. The zero-order valence-electron chi connectivity index (χ0n) is 11.0. The summed E-state index contributed by atoms with van der Waals surface area (Å²) in [6.07, 6.45) is 3.31. The molecule has 0 aromatic heterocycles. The number of ether oxygens (including phenoxy) is 1. The van der Waals surface area contributed by atoms with E-state index in [1.54, 1.807) is 0 Å². The Balaban J connectivity index is 3.27. The summed E-state index contributed by atoms with van der Waals surface area (Å²) in [5.74, 6) is 1.10. The van der Waals surface area contributed by atoms with Gasteiger partial charge in [0.1, 0.15) is 0 Å². The molecule has 0 atom stereocenters. The minimum Gasteiger partial charge on any atom is -0.381 e. The van der Waals surface area contributed by atoms with Gasteiger partial charge in [0.2, 0.25) is 0 Å². The van der Waals surface area contributed by atoms with E-state index in [2.05, 4.69) is 31.1 Å². The van der Waals surface area contributed by atoms with Crippen LogP contribution >= 0.6 is 0 Å². The van der Waals surface area contributed by atoms with Crippen molar-refractivity contribution in [2.75, 3.05) is 26.3 Å². The molecule has 0 aliphatic heterocycles. The van der Waals surface area contributed by atoms with E-state index in [1.807, 2.05) is 0 Å². The number of nitrogens with zero attached hydrogens (tertiary/aromatic N) is 1. The molecule has 0 amide bonds. The van der Waals surface area contributed by atoms with Gasteiger partial charge in [0, 0.05) is 26.3 Å². The predicted octanol–water partition coefficient (Wildman–Crippen LogP) is 1.75. The molecule has 0 saturated carbocycles. The van der Waals surface area contributed by atoms with Crippen LogP contribution in [0.5, 0.6) is 0 Å². The standard InChI is InChI=1S/C12H27N3O/c1-4-5-8-16-9-6-7-14-12(13)15-10-11(2)3/h11H,4-10H2,1-3H3,(H3,13,14,15). The van der Waals surface area contributed by atoms with Gasteiger partial charge in [0.15, 0.2) is 5.96 Å². The average Bonchev–Trinajstić information content (AvgIpc) is 2.25. The lowest BCUT2D eigenvalue weighted by atomic mass is 10.2. The maximum Gasteiger partial charge on any atom is 0.188 e. The van der Waals surface area contributed by atoms with E-state index in [0.717, 1.165) is 39.1 Å². The van der Waals surface area contributed by atoms with Crippen molar-refractivity contribution in [2.24, 2.45) is 16.6 Å². The van der Waals surface area contributed by atoms with Crippen molar-refractivity contribution in [3.8, 4) is 0 Å². The molecule has 0 aromatic rings. The molecule has 3 N–H and O–H groups in total. The molecule has 0 spiro atoms. The van der Waals surface area contributed by atoms with Crippen molar-refractivity contribution in [3.05, 3.63) is 0 Å². The van der Waals surface area contributed by atoms with Crippen LogP contribution in [0.3, 0.4) is 0 Å². The second-order valence-electron chi connectivity index (χ2n) is 4.37. The molecule has 0 radical (unpaired) electrons. The van der Waals surface area contributed by atoms with Gasteiger partial charge >= 0.3 is 0 Å². The van der Waals surface area contributed by atoms with Crippen LogP contribution in [-0.4, -0.2) is 32.3 Å². The van der Waals surface area contributed by atoms with Gasteiger partial charge in [-0.3, -0.25) is 4.99 Å². The highest BCUT2D eigenvalue weighted by atomic mass is 16.5. The van der Waals surface area contributed by atoms with Crippen molar-refractivity contribution in [3.63, 3.8) is 0 Å². The van der Waals surface area contributed by atoms with E-state index < -0.39 is 0 Å². The molecule has 0 aliphatic carbocycles. The van der Waals surface area contributed by atoms with Crippen LogP contribution in [0.1, 0.15) is 40.0 Å². The zero-order chi connectivity index (χ0) is 12.2. The summed E-state index contributed by atoms with van der Waals surface area (Å²) < 4.78 is 5.43.